The number of aromatic nitrogens is 4. The van der Waals surface area contributed by atoms with Crippen LogP contribution in [0.3, 0.4) is 0 Å². The standard InChI is InChI=1S/C96H88BF3N6/c1-91(2,3)67-39-44-81-76(57-67)75-50-61(36-41-80(75)106(81)82-45-40-68(96(98,99)100)58-77(82)90-102-88(59-28-20-16-21-29-59)101-89(103-90)60-30-22-17-23-31-60)66-53-85-87-86(54-66)105(74-34-26-19-27-35-74)84-43-38-63(65-48-71(94(10,11)12)56-72(49-65)95(13,14)15)52-79(84)97(87)78-51-62(37-42-83(78)104(85)73-32-24-18-25-33-73)64-46-69(92(4,5)6)55-70(47-64)93(7,8)9/h16-58H,1-15H3. The van der Waals surface area contributed by atoms with Crippen molar-refractivity contribution in [2.24, 2.45) is 0 Å². The van der Waals surface area contributed by atoms with Crippen molar-refractivity contribution >= 4 is 79.0 Å². The van der Waals surface area contributed by atoms with Crippen molar-refractivity contribution in [3.63, 3.8) is 0 Å². The molecule has 0 aliphatic carbocycles. The van der Waals surface area contributed by atoms with Crippen LogP contribution in [-0.4, -0.2) is 26.2 Å². The van der Waals surface area contributed by atoms with Crippen LogP contribution < -0.4 is 26.2 Å². The topological polar surface area (TPSA) is 50.1 Å². The van der Waals surface area contributed by atoms with Gasteiger partial charge in [-0.15, -0.1) is 0 Å². The zero-order valence-electron chi connectivity index (χ0n) is 63.2. The lowest BCUT2D eigenvalue weighted by molar-refractivity contribution is -0.137. The maximum atomic E-state index is 15.4. The predicted molar refractivity (Wildman–Crippen MR) is 439 cm³/mol. The summed E-state index contributed by atoms with van der Waals surface area (Å²) in [4.78, 5) is 20.1. The second-order valence-electron chi connectivity index (χ2n) is 34.2. The highest BCUT2D eigenvalue weighted by atomic mass is 19.4. The van der Waals surface area contributed by atoms with E-state index in [2.05, 4.69) is 300 Å². The fourth-order valence-corrected chi connectivity index (χ4v) is 15.5. The molecule has 0 spiro atoms. The molecule has 0 N–H and O–H groups in total. The van der Waals surface area contributed by atoms with Gasteiger partial charge in [0, 0.05) is 61.6 Å². The fourth-order valence-electron chi connectivity index (χ4n) is 15.5. The second-order valence-corrected chi connectivity index (χ2v) is 34.2. The third kappa shape index (κ3) is 12.6. The van der Waals surface area contributed by atoms with E-state index >= 15 is 13.2 Å². The summed E-state index contributed by atoms with van der Waals surface area (Å²) in [6.07, 6.45) is -4.68. The molecule has 2 aliphatic rings. The molecule has 6 nitrogen and oxygen atoms in total. The minimum absolute atomic E-state index is 0.0967. The van der Waals surface area contributed by atoms with Gasteiger partial charge in [0.05, 0.1) is 22.3 Å². The smallest absolute Gasteiger partial charge is 0.311 e. The van der Waals surface area contributed by atoms with Gasteiger partial charge in [-0.05, 0) is 196 Å². The van der Waals surface area contributed by atoms with Gasteiger partial charge in [0.1, 0.15) is 0 Å². The van der Waals surface area contributed by atoms with E-state index in [1.165, 1.54) is 61.9 Å². The predicted octanol–water partition coefficient (Wildman–Crippen LogP) is 24.6. The number of anilines is 6. The van der Waals surface area contributed by atoms with Crippen LogP contribution in [0.15, 0.2) is 261 Å². The molecule has 12 aromatic carbocycles. The monoisotopic (exact) mass is 1390 g/mol. The van der Waals surface area contributed by atoms with Crippen LogP contribution in [0, 0.1) is 0 Å². The van der Waals surface area contributed by atoms with Crippen molar-refractivity contribution in [3.05, 3.63) is 294 Å². The molecule has 0 saturated carbocycles. The first-order chi connectivity index (χ1) is 50.3. The van der Waals surface area contributed by atoms with E-state index in [4.69, 9.17) is 15.0 Å². The molecule has 106 heavy (non-hydrogen) atoms. The molecule has 0 radical (unpaired) electrons. The normalized spacial score (nSPS) is 13.3. The summed E-state index contributed by atoms with van der Waals surface area (Å²) >= 11 is 0. The number of rotatable bonds is 9. The van der Waals surface area contributed by atoms with Crippen LogP contribution in [0.5, 0.6) is 0 Å². The Hall–Kier alpha value is -11.1. The van der Waals surface area contributed by atoms with Crippen molar-refractivity contribution in [3.8, 4) is 73.2 Å². The zero-order valence-corrected chi connectivity index (χ0v) is 63.2. The molecular formula is C96H88BF3N6. The minimum Gasteiger partial charge on any atom is -0.311 e. The van der Waals surface area contributed by atoms with Crippen LogP contribution in [0.25, 0.3) is 95.0 Å². The summed E-state index contributed by atoms with van der Waals surface area (Å²) in [6, 6.07) is 91.5. The quantitative estimate of drug-likeness (QED) is 0.135. The molecule has 2 aromatic heterocycles. The Morgan fingerprint density at radius 1 is 0.274 bits per heavy atom. The molecule has 0 unspecified atom stereocenters. The van der Waals surface area contributed by atoms with Gasteiger partial charge in [0.2, 0.25) is 0 Å². The Morgan fingerprint density at radius 3 is 1.06 bits per heavy atom. The van der Waals surface area contributed by atoms with Crippen LogP contribution in [0.2, 0.25) is 0 Å². The number of nitrogens with zero attached hydrogens (tertiary/aromatic N) is 6. The minimum atomic E-state index is -4.68. The Morgan fingerprint density at radius 2 is 0.632 bits per heavy atom. The molecule has 14 aromatic rings. The first-order valence-electron chi connectivity index (χ1n) is 37.0. The number of fused-ring (bicyclic) bond motifs is 7. The van der Waals surface area contributed by atoms with E-state index < -0.39 is 11.7 Å². The van der Waals surface area contributed by atoms with Gasteiger partial charge >= 0.3 is 6.18 Å². The molecule has 0 amide bonds. The van der Waals surface area contributed by atoms with Crippen molar-refractivity contribution in [1.82, 2.24) is 19.5 Å². The maximum absolute atomic E-state index is 15.4. The van der Waals surface area contributed by atoms with E-state index in [-0.39, 0.29) is 45.2 Å². The van der Waals surface area contributed by atoms with Crippen LogP contribution in [0.1, 0.15) is 137 Å². The molecule has 4 heterocycles. The summed E-state index contributed by atoms with van der Waals surface area (Å²) < 4.78 is 48.2. The summed E-state index contributed by atoms with van der Waals surface area (Å²) in [5.41, 5.74) is 25.3. The molecule has 0 saturated heterocycles. The Bertz CT molecular complexity index is 5470. The Labute approximate surface area is 622 Å². The summed E-state index contributed by atoms with van der Waals surface area (Å²) in [5, 5.41) is 1.89. The lowest BCUT2D eigenvalue weighted by Gasteiger charge is -2.44. The van der Waals surface area contributed by atoms with Gasteiger partial charge in [0.15, 0.2) is 17.5 Å². The third-order valence-electron chi connectivity index (χ3n) is 21.6. The number of alkyl halides is 3. The van der Waals surface area contributed by atoms with Crippen LogP contribution in [0.4, 0.5) is 47.3 Å². The van der Waals surface area contributed by atoms with Gasteiger partial charge in [-0.25, -0.2) is 15.0 Å². The lowest BCUT2D eigenvalue weighted by Crippen LogP contribution is -2.61. The zero-order chi connectivity index (χ0) is 74.3. The number of benzene rings is 12. The van der Waals surface area contributed by atoms with E-state index in [1.807, 2.05) is 60.7 Å². The van der Waals surface area contributed by atoms with Gasteiger partial charge in [-0.1, -0.05) is 274 Å². The summed E-state index contributed by atoms with van der Waals surface area (Å²) in [6.45, 7) is 34.1. The number of para-hydroxylation sites is 2. The Kier molecular flexibility index (Phi) is 16.6. The number of halogens is 3. The van der Waals surface area contributed by atoms with Crippen LogP contribution in [-0.2, 0) is 33.3 Å². The van der Waals surface area contributed by atoms with Crippen molar-refractivity contribution in [1.29, 1.82) is 0 Å². The van der Waals surface area contributed by atoms with Gasteiger partial charge in [0.25, 0.3) is 6.71 Å². The fraction of sp³-hybridized carbons (Fsp3) is 0.219. The highest BCUT2D eigenvalue weighted by molar-refractivity contribution is 7.00. The lowest BCUT2D eigenvalue weighted by atomic mass is 9.33. The number of hydrogen-bond acceptors (Lipinski definition) is 5. The number of hydrogen-bond donors (Lipinski definition) is 0. The first-order valence-corrected chi connectivity index (χ1v) is 37.0. The highest BCUT2D eigenvalue weighted by Gasteiger charge is 2.45. The van der Waals surface area contributed by atoms with Crippen molar-refractivity contribution in [2.75, 3.05) is 9.80 Å². The largest absolute Gasteiger partial charge is 0.416 e. The third-order valence-corrected chi connectivity index (χ3v) is 21.6. The molecule has 2 aliphatic heterocycles. The average molecular weight is 1390 g/mol. The average Bonchev–Trinajstić information content (AvgIpc) is 0.753. The molecule has 0 fully saturated rings. The van der Waals surface area contributed by atoms with Gasteiger partial charge in [-0.3, -0.25) is 0 Å². The van der Waals surface area contributed by atoms with Crippen molar-refractivity contribution < 1.29 is 13.2 Å². The SMILES string of the molecule is CC(C)(C)c1cc(-c2ccc3c(c2)B2c4cc(-c5cc(C(C)(C)C)cc(C(C)(C)C)c5)ccc4N(c4ccccc4)c4cc(-c5ccc6c(c5)c5cc(C(C)(C)C)ccc5n6-c5ccc(C(F)(F)F)cc5-c5nc(-c6ccccc6)nc(-c6ccccc6)n5)cc(c42)N3c2ccccc2)cc(C(C)(C)C)c1. The van der Waals surface area contributed by atoms with E-state index in [0.717, 1.165) is 83.7 Å². The van der Waals surface area contributed by atoms with Crippen LogP contribution >= 0.6 is 0 Å². The molecule has 10 heteroatoms. The summed E-state index contributed by atoms with van der Waals surface area (Å²) in [5.74, 6) is 0.802. The summed E-state index contributed by atoms with van der Waals surface area (Å²) in [7, 11) is 0. The molecular weight excluding hydrogens is 1300 g/mol. The molecule has 16 rings (SSSR count). The van der Waals surface area contributed by atoms with E-state index in [0.29, 0.717) is 28.5 Å². The highest BCUT2D eigenvalue weighted by Crippen LogP contribution is 2.50. The second kappa shape index (κ2) is 25.3. The van der Waals surface area contributed by atoms with Gasteiger partial charge in [-0.2, -0.15) is 13.2 Å². The maximum Gasteiger partial charge on any atom is 0.416 e. The molecule has 526 valence electrons. The molecule has 0 atom stereocenters. The Balaban J connectivity index is 0.971. The van der Waals surface area contributed by atoms with Crippen molar-refractivity contribution in [2.45, 2.75) is 137 Å². The molecule has 0 bridgehead atoms. The first kappa shape index (κ1) is 69.3. The van der Waals surface area contributed by atoms with E-state index in [9.17, 15) is 0 Å². The van der Waals surface area contributed by atoms with E-state index in [1.54, 1.807) is 6.07 Å². The van der Waals surface area contributed by atoms with Gasteiger partial charge < -0.3 is 14.4 Å².